The molecule has 1 aliphatic rings. The summed E-state index contributed by atoms with van der Waals surface area (Å²) >= 11 is 5.96. The molecule has 1 saturated heterocycles. The molecule has 1 aliphatic heterocycles. The number of likely N-dealkylation sites (tertiary alicyclic amines) is 1. The van der Waals surface area contributed by atoms with Crippen molar-refractivity contribution in [1.82, 2.24) is 4.90 Å². The van der Waals surface area contributed by atoms with E-state index in [1.807, 2.05) is 4.90 Å². The second-order valence-electron chi connectivity index (χ2n) is 7.33. The Balaban J connectivity index is 1.87. The molecule has 154 valence electrons. The van der Waals surface area contributed by atoms with Crippen molar-refractivity contribution in [3.05, 3.63) is 64.4 Å². The second-order valence-corrected chi connectivity index (χ2v) is 7.73. The highest BCUT2D eigenvalue weighted by Crippen LogP contribution is 2.27. The topological polar surface area (TPSA) is 49.9 Å². The first-order valence-electron chi connectivity index (χ1n) is 9.57. The van der Waals surface area contributed by atoms with Crippen molar-refractivity contribution >= 4 is 29.3 Å². The van der Waals surface area contributed by atoms with Crippen LogP contribution in [0.4, 0.5) is 14.9 Å². The Hall–Kier alpha value is -2.60. The first-order chi connectivity index (χ1) is 13.9. The lowest BCUT2D eigenvalue weighted by molar-refractivity contribution is 0.0600. The molecule has 0 atom stereocenters. The van der Waals surface area contributed by atoms with Crippen molar-refractivity contribution in [3.63, 3.8) is 0 Å². The van der Waals surface area contributed by atoms with Gasteiger partial charge in [0.1, 0.15) is 5.82 Å². The van der Waals surface area contributed by atoms with Crippen molar-refractivity contribution in [2.24, 2.45) is 5.92 Å². The van der Waals surface area contributed by atoms with Gasteiger partial charge < -0.3 is 9.64 Å². The lowest BCUT2D eigenvalue weighted by atomic mass is 9.99. The summed E-state index contributed by atoms with van der Waals surface area (Å²) in [4.78, 5) is 28.3. The molecule has 0 unspecified atom stereocenters. The minimum absolute atomic E-state index is 0.0337. The summed E-state index contributed by atoms with van der Waals surface area (Å²) in [6.45, 7) is 3.83. The van der Waals surface area contributed by atoms with Gasteiger partial charge in [0.25, 0.3) is 0 Å². The zero-order valence-corrected chi connectivity index (χ0v) is 17.3. The molecule has 3 rings (SSSR count). The standard InChI is InChI=1S/C22H24ClFN2O3/c1-15-9-11-25(12-10-15)22(28)26(18-7-8-20(24)19(23)13-18)14-16-3-5-17(6-4-16)21(27)29-2/h3-8,13,15H,9-12,14H2,1-2H3. The highest BCUT2D eigenvalue weighted by atomic mass is 35.5. The predicted octanol–water partition coefficient (Wildman–Crippen LogP) is 5.12. The number of rotatable bonds is 4. The third-order valence-corrected chi connectivity index (χ3v) is 5.51. The van der Waals surface area contributed by atoms with Gasteiger partial charge in [-0.3, -0.25) is 4.90 Å². The molecule has 2 amide bonds. The van der Waals surface area contributed by atoms with Crippen molar-refractivity contribution < 1.29 is 18.7 Å². The van der Waals surface area contributed by atoms with Gasteiger partial charge in [-0.25, -0.2) is 14.0 Å². The fourth-order valence-corrected chi connectivity index (χ4v) is 3.51. The summed E-state index contributed by atoms with van der Waals surface area (Å²) in [7, 11) is 1.33. The molecular weight excluding hydrogens is 395 g/mol. The molecule has 1 fully saturated rings. The maximum Gasteiger partial charge on any atom is 0.337 e. The number of anilines is 1. The lowest BCUT2D eigenvalue weighted by Crippen LogP contribution is -2.46. The van der Waals surface area contributed by atoms with Gasteiger partial charge in [-0.15, -0.1) is 0 Å². The Kier molecular flexibility index (Phi) is 6.75. The highest BCUT2D eigenvalue weighted by Gasteiger charge is 2.26. The number of hydrogen-bond donors (Lipinski definition) is 0. The van der Waals surface area contributed by atoms with Crippen LogP contribution in [0.15, 0.2) is 42.5 Å². The minimum atomic E-state index is -0.531. The van der Waals surface area contributed by atoms with Gasteiger partial charge in [-0.2, -0.15) is 0 Å². The van der Waals surface area contributed by atoms with Crippen LogP contribution in [0.3, 0.4) is 0 Å². The predicted molar refractivity (Wildman–Crippen MR) is 111 cm³/mol. The number of benzene rings is 2. The number of piperidine rings is 1. The first-order valence-corrected chi connectivity index (χ1v) is 9.95. The van der Waals surface area contributed by atoms with E-state index < -0.39 is 11.8 Å². The van der Waals surface area contributed by atoms with E-state index in [4.69, 9.17) is 16.3 Å². The number of amides is 2. The van der Waals surface area contributed by atoms with Crippen LogP contribution in [-0.2, 0) is 11.3 Å². The van der Waals surface area contributed by atoms with E-state index in [-0.39, 0.29) is 17.6 Å². The summed E-state index contributed by atoms with van der Waals surface area (Å²) in [5.41, 5.74) is 1.79. The number of nitrogens with zero attached hydrogens (tertiary/aromatic N) is 2. The van der Waals surface area contributed by atoms with E-state index in [1.54, 1.807) is 35.2 Å². The van der Waals surface area contributed by atoms with Crippen LogP contribution in [0.25, 0.3) is 0 Å². The van der Waals surface area contributed by atoms with E-state index in [0.29, 0.717) is 30.3 Å². The Bertz CT molecular complexity index is 880. The average Bonchev–Trinajstić information content (AvgIpc) is 2.74. The van der Waals surface area contributed by atoms with E-state index >= 15 is 0 Å². The molecule has 0 spiro atoms. The summed E-state index contributed by atoms with van der Waals surface area (Å²) in [5, 5.41) is -0.0337. The van der Waals surface area contributed by atoms with Crippen molar-refractivity contribution in [1.29, 1.82) is 0 Å². The van der Waals surface area contributed by atoms with Gasteiger partial charge in [-0.1, -0.05) is 30.7 Å². The Labute approximate surface area is 175 Å². The number of carbonyl (C=O) groups excluding carboxylic acids is 2. The zero-order chi connectivity index (χ0) is 21.0. The van der Waals surface area contributed by atoms with Crippen LogP contribution >= 0.6 is 11.6 Å². The van der Waals surface area contributed by atoms with E-state index in [0.717, 1.165) is 18.4 Å². The zero-order valence-electron chi connectivity index (χ0n) is 16.5. The fourth-order valence-electron chi connectivity index (χ4n) is 3.34. The first kappa shape index (κ1) is 21.1. The minimum Gasteiger partial charge on any atom is -0.465 e. The molecular formula is C22H24ClFN2O3. The van der Waals surface area contributed by atoms with Crippen LogP contribution in [0.1, 0.15) is 35.7 Å². The SMILES string of the molecule is COC(=O)c1ccc(CN(C(=O)N2CCC(C)CC2)c2ccc(F)c(Cl)c2)cc1. The number of hydrogen-bond acceptors (Lipinski definition) is 3. The van der Waals surface area contributed by atoms with Crippen molar-refractivity contribution in [3.8, 4) is 0 Å². The number of urea groups is 1. The molecule has 5 nitrogen and oxygen atoms in total. The van der Waals surface area contributed by atoms with E-state index in [9.17, 15) is 14.0 Å². The Morgan fingerprint density at radius 3 is 2.41 bits per heavy atom. The van der Waals surface area contributed by atoms with Gasteiger partial charge in [0.15, 0.2) is 0 Å². The number of methoxy groups -OCH3 is 1. The van der Waals surface area contributed by atoms with Gasteiger partial charge in [0.2, 0.25) is 0 Å². The fraction of sp³-hybridized carbons (Fsp3) is 0.364. The second kappa shape index (κ2) is 9.27. The molecule has 1 heterocycles. The van der Waals surface area contributed by atoms with Crippen LogP contribution < -0.4 is 4.90 Å². The maximum absolute atomic E-state index is 13.7. The smallest absolute Gasteiger partial charge is 0.337 e. The molecule has 0 aromatic heterocycles. The third kappa shape index (κ3) is 5.07. The largest absolute Gasteiger partial charge is 0.465 e. The van der Waals surface area contributed by atoms with E-state index in [1.165, 1.54) is 19.2 Å². The number of esters is 1. The molecule has 29 heavy (non-hydrogen) atoms. The van der Waals surface area contributed by atoms with Crippen LogP contribution in [-0.4, -0.2) is 37.1 Å². The van der Waals surface area contributed by atoms with Gasteiger partial charge in [0.05, 0.1) is 24.2 Å². The van der Waals surface area contributed by atoms with Crippen molar-refractivity contribution in [2.45, 2.75) is 26.3 Å². The molecule has 0 N–H and O–H groups in total. The number of carbonyl (C=O) groups is 2. The molecule has 0 radical (unpaired) electrons. The van der Waals surface area contributed by atoms with Crippen LogP contribution in [0, 0.1) is 11.7 Å². The van der Waals surface area contributed by atoms with Crippen molar-refractivity contribution in [2.75, 3.05) is 25.1 Å². The summed E-state index contributed by atoms with van der Waals surface area (Å²) < 4.78 is 18.4. The quantitative estimate of drug-likeness (QED) is 0.647. The highest BCUT2D eigenvalue weighted by molar-refractivity contribution is 6.31. The maximum atomic E-state index is 13.7. The third-order valence-electron chi connectivity index (χ3n) is 5.22. The summed E-state index contributed by atoms with van der Waals surface area (Å²) in [5.74, 6) is -0.354. The number of ether oxygens (including phenoxy) is 1. The molecule has 2 aromatic carbocycles. The van der Waals surface area contributed by atoms with Crippen LogP contribution in [0.2, 0.25) is 5.02 Å². The molecule has 0 aliphatic carbocycles. The van der Waals surface area contributed by atoms with E-state index in [2.05, 4.69) is 6.92 Å². The molecule has 7 heteroatoms. The normalized spacial score (nSPS) is 14.6. The molecule has 0 saturated carbocycles. The summed E-state index contributed by atoms with van der Waals surface area (Å²) in [6, 6.07) is 11.0. The van der Waals surface area contributed by atoms with Gasteiger partial charge in [0, 0.05) is 18.8 Å². The van der Waals surface area contributed by atoms with Crippen LogP contribution in [0.5, 0.6) is 0 Å². The Morgan fingerprint density at radius 1 is 1.17 bits per heavy atom. The lowest BCUT2D eigenvalue weighted by Gasteiger charge is -2.35. The molecule has 2 aromatic rings. The Morgan fingerprint density at radius 2 is 1.83 bits per heavy atom. The molecule has 0 bridgehead atoms. The van der Waals surface area contributed by atoms with Gasteiger partial charge >= 0.3 is 12.0 Å². The van der Waals surface area contributed by atoms with Gasteiger partial charge in [-0.05, 0) is 54.7 Å². The summed E-state index contributed by atoms with van der Waals surface area (Å²) in [6.07, 6.45) is 1.91. The average molecular weight is 419 g/mol. The number of halogens is 2. The monoisotopic (exact) mass is 418 g/mol.